The van der Waals surface area contributed by atoms with Gasteiger partial charge in [-0.3, -0.25) is 9.80 Å². The van der Waals surface area contributed by atoms with Crippen LogP contribution in [0.5, 0.6) is 0 Å². The molecule has 3 rings (SSSR count). The summed E-state index contributed by atoms with van der Waals surface area (Å²) in [7, 11) is 2.16. The Bertz CT molecular complexity index is 485. The fourth-order valence-corrected chi connectivity index (χ4v) is 3.50. The topological polar surface area (TPSA) is 54.6 Å². The van der Waals surface area contributed by atoms with Crippen molar-refractivity contribution in [3.05, 3.63) is 11.7 Å². The molecule has 6 heteroatoms. The van der Waals surface area contributed by atoms with Crippen molar-refractivity contribution in [2.75, 3.05) is 33.3 Å². The van der Waals surface area contributed by atoms with Crippen LogP contribution in [0.4, 0.5) is 0 Å². The standard InChI is InChI=1S/C17H30N4O2/c1-13(2)17-18-16(19-23-17)12-20(3)14-7-8-21(10-14)11-15-6-4-5-9-22-15/h13-15H,4-12H2,1-3H3/t14-,15+/m0/s1. The molecule has 23 heavy (non-hydrogen) atoms. The third-order valence-electron chi connectivity index (χ3n) is 4.98. The van der Waals surface area contributed by atoms with Crippen molar-refractivity contribution in [1.82, 2.24) is 19.9 Å². The van der Waals surface area contributed by atoms with Crippen molar-refractivity contribution in [1.29, 1.82) is 0 Å². The maximum Gasteiger partial charge on any atom is 0.229 e. The van der Waals surface area contributed by atoms with E-state index in [1.54, 1.807) is 0 Å². The molecule has 1 aromatic rings. The van der Waals surface area contributed by atoms with E-state index in [9.17, 15) is 0 Å². The smallest absolute Gasteiger partial charge is 0.229 e. The number of aromatic nitrogens is 2. The molecule has 0 unspecified atom stereocenters. The van der Waals surface area contributed by atoms with Crippen LogP contribution in [0.1, 0.15) is 57.2 Å². The highest BCUT2D eigenvalue weighted by molar-refractivity contribution is 4.92. The first kappa shape index (κ1) is 16.9. The van der Waals surface area contributed by atoms with Gasteiger partial charge in [0.2, 0.25) is 5.89 Å². The van der Waals surface area contributed by atoms with Gasteiger partial charge in [0.1, 0.15) is 0 Å². The van der Waals surface area contributed by atoms with Crippen molar-refractivity contribution in [3.63, 3.8) is 0 Å². The Kier molecular flexibility index (Phi) is 5.67. The fourth-order valence-electron chi connectivity index (χ4n) is 3.50. The number of rotatable bonds is 6. The Labute approximate surface area is 139 Å². The lowest BCUT2D eigenvalue weighted by molar-refractivity contribution is -0.00281. The minimum atomic E-state index is 0.291. The van der Waals surface area contributed by atoms with Crippen LogP contribution in [-0.2, 0) is 11.3 Å². The summed E-state index contributed by atoms with van der Waals surface area (Å²) in [5, 5.41) is 4.10. The quantitative estimate of drug-likeness (QED) is 0.801. The van der Waals surface area contributed by atoms with E-state index in [-0.39, 0.29) is 0 Å². The summed E-state index contributed by atoms with van der Waals surface area (Å²) in [4.78, 5) is 9.39. The third-order valence-corrected chi connectivity index (χ3v) is 4.98. The molecule has 2 fully saturated rings. The van der Waals surface area contributed by atoms with Gasteiger partial charge in [0.05, 0.1) is 12.6 Å². The molecule has 2 aliphatic rings. The van der Waals surface area contributed by atoms with Crippen molar-refractivity contribution < 1.29 is 9.26 Å². The monoisotopic (exact) mass is 322 g/mol. The molecule has 0 bridgehead atoms. The molecule has 0 saturated carbocycles. The number of hydrogen-bond donors (Lipinski definition) is 0. The highest BCUT2D eigenvalue weighted by atomic mass is 16.5. The van der Waals surface area contributed by atoms with Crippen molar-refractivity contribution in [2.45, 2.75) is 64.1 Å². The summed E-state index contributed by atoms with van der Waals surface area (Å²) >= 11 is 0. The normalized spacial score (nSPS) is 26.5. The van der Waals surface area contributed by atoms with Crippen LogP contribution >= 0.6 is 0 Å². The van der Waals surface area contributed by atoms with E-state index < -0.39 is 0 Å². The van der Waals surface area contributed by atoms with Crippen LogP contribution in [0.15, 0.2) is 4.52 Å². The molecule has 3 heterocycles. The maximum atomic E-state index is 5.87. The molecule has 0 aliphatic carbocycles. The fraction of sp³-hybridized carbons (Fsp3) is 0.882. The largest absolute Gasteiger partial charge is 0.377 e. The number of nitrogens with zero attached hydrogens (tertiary/aromatic N) is 4. The minimum Gasteiger partial charge on any atom is -0.377 e. The first-order valence-electron chi connectivity index (χ1n) is 8.98. The molecule has 0 spiro atoms. The summed E-state index contributed by atoms with van der Waals surface area (Å²) < 4.78 is 11.2. The van der Waals surface area contributed by atoms with Gasteiger partial charge in [0.25, 0.3) is 0 Å². The highest BCUT2D eigenvalue weighted by Crippen LogP contribution is 2.20. The van der Waals surface area contributed by atoms with Gasteiger partial charge in [0, 0.05) is 31.7 Å². The first-order valence-corrected chi connectivity index (χ1v) is 8.98. The van der Waals surface area contributed by atoms with Crippen LogP contribution in [0.2, 0.25) is 0 Å². The van der Waals surface area contributed by atoms with Crippen molar-refractivity contribution in [2.24, 2.45) is 0 Å². The highest BCUT2D eigenvalue weighted by Gasteiger charge is 2.28. The van der Waals surface area contributed by atoms with Gasteiger partial charge in [0.15, 0.2) is 5.82 Å². The second-order valence-electron chi connectivity index (χ2n) is 7.31. The summed E-state index contributed by atoms with van der Waals surface area (Å²) in [6.07, 6.45) is 5.41. The molecule has 0 amide bonds. The third kappa shape index (κ3) is 4.52. The number of hydrogen-bond acceptors (Lipinski definition) is 6. The van der Waals surface area contributed by atoms with Crippen molar-refractivity contribution >= 4 is 0 Å². The number of ether oxygens (including phenoxy) is 1. The van der Waals surface area contributed by atoms with E-state index in [1.807, 2.05) is 0 Å². The molecule has 1 aromatic heterocycles. The molecule has 0 radical (unpaired) electrons. The Hall–Kier alpha value is -0.980. The zero-order valence-electron chi connectivity index (χ0n) is 14.7. The van der Waals surface area contributed by atoms with Crippen LogP contribution in [0.3, 0.4) is 0 Å². The average Bonchev–Trinajstić information content (AvgIpc) is 3.18. The van der Waals surface area contributed by atoms with Gasteiger partial charge in [-0.25, -0.2) is 0 Å². The van der Waals surface area contributed by atoms with Gasteiger partial charge in [-0.1, -0.05) is 19.0 Å². The van der Waals surface area contributed by atoms with Gasteiger partial charge in [-0.2, -0.15) is 4.98 Å². The first-order chi connectivity index (χ1) is 11.1. The minimum absolute atomic E-state index is 0.291. The molecule has 2 atom stereocenters. The molecule has 130 valence electrons. The lowest BCUT2D eigenvalue weighted by Gasteiger charge is -2.28. The van der Waals surface area contributed by atoms with Crippen LogP contribution < -0.4 is 0 Å². The molecular weight excluding hydrogens is 292 g/mol. The van der Waals surface area contributed by atoms with Crippen LogP contribution in [0.25, 0.3) is 0 Å². The van der Waals surface area contributed by atoms with E-state index in [2.05, 4.69) is 40.8 Å². The second kappa shape index (κ2) is 7.73. The predicted molar refractivity (Wildman–Crippen MR) is 88.3 cm³/mol. The maximum absolute atomic E-state index is 5.87. The number of likely N-dealkylation sites (N-methyl/N-ethyl adjacent to an activating group) is 1. The number of likely N-dealkylation sites (tertiary alicyclic amines) is 1. The zero-order chi connectivity index (χ0) is 16.2. The molecule has 2 saturated heterocycles. The SMILES string of the molecule is CC(C)c1nc(CN(C)[C@H]2CCN(C[C@H]3CCCCO3)C2)no1. The van der Waals surface area contributed by atoms with Gasteiger partial charge in [-0.15, -0.1) is 0 Å². The van der Waals surface area contributed by atoms with Crippen LogP contribution in [-0.4, -0.2) is 65.4 Å². The Morgan fingerprint density at radius 3 is 2.87 bits per heavy atom. The van der Waals surface area contributed by atoms with Crippen LogP contribution in [0, 0.1) is 0 Å². The van der Waals surface area contributed by atoms with E-state index >= 15 is 0 Å². The molecule has 0 aromatic carbocycles. The summed E-state index contributed by atoms with van der Waals surface area (Å²) in [6.45, 7) is 9.21. The molecule has 2 aliphatic heterocycles. The van der Waals surface area contributed by atoms with E-state index in [0.29, 0.717) is 18.1 Å². The summed E-state index contributed by atoms with van der Waals surface area (Å²) in [5.74, 6) is 1.82. The second-order valence-corrected chi connectivity index (χ2v) is 7.31. The average molecular weight is 322 g/mol. The van der Waals surface area contributed by atoms with E-state index in [1.165, 1.54) is 32.2 Å². The molecule has 0 N–H and O–H groups in total. The van der Waals surface area contributed by atoms with E-state index in [4.69, 9.17) is 9.26 Å². The van der Waals surface area contributed by atoms with Gasteiger partial charge < -0.3 is 9.26 Å². The van der Waals surface area contributed by atoms with Crippen molar-refractivity contribution in [3.8, 4) is 0 Å². The zero-order valence-corrected chi connectivity index (χ0v) is 14.7. The molecule has 6 nitrogen and oxygen atoms in total. The van der Waals surface area contributed by atoms with E-state index in [0.717, 1.165) is 38.0 Å². The Morgan fingerprint density at radius 2 is 2.17 bits per heavy atom. The predicted octanol–water partition coefficient (Wildman–Crippen LogP) is 2.27. The summed E-state index contributed by atoms with van der Waals surface area (Å²) in [5.41, 5.74) is 0. The summed E-state index contributed by atoms with van der Waals surface area (Å²) in [6, 6.07) is 0.569. The Balaban J connectivity index is 1.45. The Morgan fingerprint density at radius 1 is 1.30 bits per heavy atom. The lowest BCUT2D eigenvalue weighted by atomic mass is 10.1. The lowest BCUT2D eigenvalue weighted by Crippen LogP contribution is -2.38. The van der Waals surface area contributed by atoms with Gasteiger partial charge in [-0.05, 0) is 39.3 Å². The van der Waals surface area contributed by atoms with Gasteiger partial charge >= 0.3 is 0 Å². The molecular formula is C17H30N4O2.